The summed E-state index contributed by atoms with van der Waals surface area (Å²) in [4.78, 5) is 62.8. The molecule has 2 aromatic carbocycles. The minimum absolute atomic E-state index is 0.168. The van der Waals surface area contributed by atoms with Gasteiger partial charge in [0.2, 0.25) is 0 Å². The van der Waals surface area contributed by atoms with Gasteiger partial charge in [-0.3, -0.25) is 19.8 Å². The van der Waals surface area contributed by atoms with E-state index in [0.29, 0.717) is 16.6 Å². The van der Waals surface area contributed by atoms with Crippen LogP contribution in [0.4, 0.5) is 10.5 Å². The SMILES string of the molecule is CCOC(=O)Nc1ccc2c(COC(=O)C(C)N3C(=O)c4ccc(C)cc4C3=O)cc(=O)oc2c1. The Balaban J connectivity index is 1.50. The van der Waals surface area contributed by atoms with Gasteiger partial charge in [-0.25, -0.2) is 14.4 Å². The molecule has 0 spiro atoms. The van der Waals surface area contributed by atoms with E-state index in [9.17, 15) is 24.0 Å². The Morgan fingerprint density at radius 1 is 1.00 bits per heavy atom. The van der Waals surface area contributed by atoms with E-state index >= 15 is 0 Å². The molecule has 1 aromatic heterocycles. The van der Waals surface area contributed by atoms with Gasteiger partial charge in [0.05, 0.1) is 17.7 Å². The van der Waals surface area contributed by atoms with E-state index in [1.165, 1.54) is 19.1 Å². The maximum Gasteiger partial charge on any atom is 0.411 e. The van der Waals surface area contributed by atoms with Gasteiger partial charge in [0, 0.05) is 28.8 Å². The Morgan fingerprint density at radius 3 is 2.49 bits per heavy atom. The van der Waals surface area contributed by atoms with Crippen molar-refractivity contribution in [3.05, 3.63) is 75.1 Å². The van der Waals surface area contributed by atoms with Gasteiger partial charge in [0.25, 0.3) is 11.8 Å². The number of esters is 1. The number of nitrogens with one attached hydrogen (secondary N) is 1. The first-order chi connectivity index (χ1) is 16.7. The average molecular weight is 478 g/mol. The average Bonchev–Trinajstić information content (AvgIpc) is 3.05. The quantitative estimate of drug-likeness (QED) is 0.324. The Labute approximate surface area is 199 Å². The van der Waals surface area contributed by atoms with Crippen LogP contribution in [0.15, 0.2) is 51.7 Å². The molecule has 10 heteroatoms. The van der Waals surface area contributed by atoms with E-state index in [2.05, 4.69) is 5.32 Å². The number of ether oxygens (including phenoxy) is 2. The summed E-state index contributed by atoms with van der Waals surface area (Å²) in [6, 6.07) is 9.52. The van der Waals surface area contributed by atoms with E-state index < -0.39 is 35.5 Å². The van der Waals surface area contributed by atoms with Crippen molar-refractivity contribution in [1.29, 1.82) is 0 Å². The summed E-state index contributed by atoms with van der Waals surface area (Å²) in [6.45, 7) is 4.78. The lowest BCUT2D eigenvalue weighted by atomic mass is 10.1. The molecule has 1 unspecified atom stereocenters. The Hall–Kier alpha value is -4.47. The molecule has 3 amide bonds. The summed E-state index contributed by atoms with van der Waals surface area (Å²) < 4.78 is 15.4. The highest BCUT2D eigenvalue weighted by molar-refractivity contribution is 6.22. The van der Waals surface area contributed by atoms with Gasteiger partial charge in [-0.15, -0.1) is 0 Å². The predicted molar refractivity (Wildman–Crippen MR) is 124 cm³/mol. The van der Waals surface area contributed by atoms with E-state index in [1.807, 2.05) is 0 Å². The largest absolute Gasteiger partial charge is 0.459 e. The second kappa shape index (κ2) is 9.41. The van der Waals surface area contributed by atoms with Crippen molar-refractivity contribution in [2.24, 2.45) is 0 Å². The zero-order valence-corrected chi connectivity index (χ0v) is 19.2. The summed E-state index contributed by atoms with van der Waals surface area (Å²) >= 11 is 0. The molecule has 1 atom stereocenters. The standard InChI is InChI=1S/C25H22N2O8/c1-4-33-25(32)26-16-6-8-17-15(10-21(28)35-20(17)11-16)12-34-24(31)14(3)27-22(29)18-7-5-13(2)9-19(18)23(27)30/h5-11,14H,4,12H2,1-3H3,(H,26,32). The van der Waals surface area contributed by atoms with Crippen LogP contribution in [0.3, 0.4) is 0 Å². The first-order valence-electron chi connectivity index (χ1n) is 10.8. The first kappa shape index (κ1) is 23.7. The van der Waals surface area contributed by atoms with Gasteiger partial charge in [-0.1, -0.05) is 11.6 Å². The van der Waals surface area contributed by atoms with E-state index in [1.54, 1.807) is 44.2 Å². The predicted octanol–water partition coefficient (Wildman–Crippen LogP) is 3.40. The molecule has 2 heterocycles. The topological polar surface area (TPSA) is 132 Å². The third-order valence-electron chi connectivity index (χ3n) is 5.52. The van der Waals surface area contributed by atoms with Crippen LogP contribution < -0.4 is 10.9 Å². The van der Waals surface area contributed by atoms with Crippen molar-refractivity contribution in [3.8, 4) is 0 Å². The maximum atomic E-state index is 12.8. The molecule has 0 fully saturated rings. The molecule has 1 aliphatic rings. The van der Waals surface area contributed by atoms with Gasteiger partial charge < -0.3 is 13.9 Å². The summed E-state index contributed by atoms with van der Waals surface area (Å²) in [5.41, 5.74) is 1.49. The zero-order chi connectivity index (χ0) is 25.3. The van der Waals surface area contributed by atoms with Crippen LogP contribution in [-0.4, -0.2) is 41.4 Å². The van der Waals surface area contributed by atoms with Crippen LogP contribution in [0.25, 0.3) is 11.0 Å². The van der Waals surface area contributed by atoms with Crippen LogP contribution in [0.2, 0.25) is 0 Å². The van der Waals surface area contributed by atoms with E-state index in [-0.39, 0.29) is 29.9 Å². The number of carbonyl (C=O) groups is 4. The van der Waals surface area contributed by atoms with Gasteiger partial charge in [0.15, 0.2) is 0 Å². The highest BCUT2D eigenvalue weighted by Gasteiger charge is 2.41. The summed E-state index contributed by atoms with van der Waals surface area (Å²) in [7, 11) is 0. The fourth-order valence-electron chi connectivity index (χ4n) is 3.81. The van der Waals surface area contributed by atoms with Crippen molar-refractivity contribution < 1.29 is 33.1 Å². The molecule has 0 bridgehead atoms. The van der Waals surface area contributed by atoms with Gasteiger partial charge in [0.1, 0.15) is 18.2 Å². The van der Waals surface area contributed by atoms with Gasteiger partial charge in [-0.05, 0) is 45.0 Å². The molecule has 3 aromatic rings. The molecule has 0 aliphatic carbocycles. The molecule has 0 saturated carbocycles. The van der Waals surface area contributed by atoms with Gasteiger partial charge in [-0.2, -0.15) is 0 Å². The molecule has 1 N–H and O–H groups in total. The third-order valence-corrected chi connectivity index (χ3v) is 5.52. The first-order valence-corrected chi connectivity index (χ1v) is 10.8. The number of imide groups is 1. The lowest BCUT2D eigenvalue weighted by Gasteiger charge is -2.21. The van der Waals surface area contributed by atoms with Crippen LogP contribution in [0.1, 0.15) is 45.7 Å². The van der Waals surface area contributed by atoms with Crippen molar-refractivity contribution >= 4 is 40.5 Å². The molecule has 1 aliphatic heterocycles. The molecule has 0 saturated heterocycles. The van der Waals surface area contributed by atoms with Crippen molar-refractivity contribution in [2.75, 3.05) is 11.9 Å². The number of hydrogen-bond acceptors (Lipinski definition) is 8. The smallest absolute Gasteiger partial charge is 0.411 e. The summed E-state index contributed by atoms with van der Waals surface area (Å²) in [6.07, 6.45) is -0.656. The molecule has 10 nitrogen and oxygen atoms in total. The van der Waals surface area contributed by atoms with Crippen LogP contribution in [0.5, 0.6) is 0 Å². The number of hydrogen-bond donors (Lipinski definition) is 1. The molecule has 4 rings (SSSR count). The van der Waals surface area contributed by atoms with Crippen LogP contribution >= 0.6 is 0 Å². The molecular weight excluding hydrogens is 456 g/mol. The highest BCUT2D eigenvalue weighted by Crippen LogP contribution is 2.27. The Morgan fingerprint density at radius 2 is 1.74 bits per heavy atom. The number of aryl methyl sites for hydroxylation is 1. The van der Waals surface area contributed by atoms with E-state index in [4.69, 9.17) is 13.9 Å². The van der Waals surface area contributed by atoms with Crippen LogP contribution in [-0.2, 0) is 20.9 Å². The minimum Gasteiger partial charge on any atom is -0.459 e. The Kier molecular flexibility index (Phi) is 6.37. The van der Waals surface area contributed by atoms with Crippen molar-refractivity contribution in [1.82, 2.24) is 4.90 Å². The monoisotopic (exact) mass is 478 g/mol. The minimum atomic E-state index is -1.17. The lowest BCUT2D eigenvalue weighted by molar-refractivity contribution is -0.149. The van der Waals surface area contributed by atoms with Crippen LogP contribution in [0, 0.1) is 6.92 Å². The Bertz CT molecular complexity index is 1420. The second-order valence-corrected chi connectivity index (χ2v) is 7.96. The number of rotatable bonds is 6. The lowest BCUT2D eigenvalue weighted by Crippen LogP contribution is -2.43. The van der Waals surface area contributed by atoms with Crippen molar-refractivity contribution in [3.63, 3.8) is 0 Å². The molecule has 35 heavy (non-hydrogen) atoms. The number of anilines is 1. The maximum absolute atomic E-state index is 12.8. The number of fused-ring (bicyclic) bond motifs is 2. The number of carbonyl (C=O) groups excluding carboxylic acids is 4. The van der Waals surface area contributed by atoms with Crippen molar-refractivity contribution in [2.45, 2.75) is 33.4 Å². The second-order valence-electron chi connectivity index (χ2n) is 7.96. The van der Waals surface area contributed by atoms with E-state index in [0.717, 1.165) is 10.5 Å². The summed E-state index contributed by atoms with van der Waals surface area (Å²) in [5.74, 6) is -1.94. The van der Waals surface area contributed by atoms with Gasteiger partial charge >= 0.3 is 17.7 Å². The molecule has 0 radical (unpaired) electrons. The third kappa shape index (κ3) is 4.63. The zero-order valence-electron chi connectivity index (χ0n) is 19.2. The highest BCUT2D eigenvalue weighted by atomic mass is 16.5. The molecular formula is C25H22N2O8. The number of nitrogens with zero attached hydrogens (tertiary/aromatic N) is 1. The fraction of sp³-hybridized carbons (Fsp3) is 0.240. The molecule has 180 valence electrons. The fourth-order valence-corrected chi connectivity index (χ4v) is 3.81. The number of benzene rings is 2. The number of amides is 3. The normalized spacial score (nSPS) is 13.5. The summed E-state index contributed by atoms with van der Waals surface area (Å²) in [5, 5.41) is 2.99.